The summed E-state index contributed by atoms with van der Waals surface area (Å²) in [5.74, 6) is 0.736. The van der Waals surface area contributed by atoms with E-state index in [4.69, 9.17) is 10.5 Å². The molecule has 3 N–H and O–H groups in total. The largest absolute Gasteiger partial charge is 0.491 e. The molecule has 1 unspecified atom stereocenters. The summed E-state index contributed by atoms with van der Waals surface area (Å²) in [6.07, 6.45) is 0.690. The highest BCUT2D eigenvalue weighted by molar-refractivity contribution is 7.91. The zero-order chi connectivity index (χ0) is 14.9. The van der Waals surface area contributed by atoms with Crippen LogP contribution in [0.15, 0.2) is 40.6 Å². The summed E-state index contributed by atoms with van der Waals surface area (Å²) in [4.78, 5) is 0.973. The molecule has 1 aliphatic rings. The van der Waals surface area contributed by atoms with Crippen molar-refractivity contribution in [1.82, 2.24) is 4.72 Å². The number of nitrogens with one attached hydrogen (secondary N) is 1. The Morgan fingerprint density at radius 1 is 1.29 bits per heavy atom. The summed E-state index contributed by atoms with van der Waals surface area (Å²) in [6.45, 7) is 0.830. The van der Waals surface area contributed by atoms with E-state index >= 15 is 0 Å². The van der Waals surface area contributed by atoms with E-state index in [2.05, 4.69) is 4.72 Å². The maximum Gasteiger partial charge on any atom is 0.250 e. The molecule has 7 heteroatoms. The van der Waals surface area contributed by atoms with E-state index in [-0.39, 0.29) is 6.04 Å². The maximum absolute atomic E-state index is 12.4. The molecule has 0 fully saturated rings. The van der Waals surface area contributed by atoms with Crippen LogP contribution in [0.2, 0.25) is 0 Å². The minimum absolute atomic E-state index is 0.315. The second kappa shape index (κ2) is 5.76. The zero-order valence-corrected chi connectivity index (χ0v) is 12.9. The van der Waals surface area contributed by atoms with E-state index in [1.54, 1.807) is 6.07 Å². The number of para-hydroxylation sites is 1. The average Bonchev–Trinajstić information content (AvgIpc) is 3.07. The molecule has 1 atom stereocenters. The molecule has 0 saturated carbocycles. The molecule has 3 rings (SSSR count). The molecule has 1 aromatic carbocycles. The van der Waals surface area contributed by atoms with Crippen LogP contribution in [0.1, 0.15) is 16.5 Å². The third-order valence-corrected chi connectivity index (χ3v) is 6.40. The van der Waals surface area contributed by atoms with E-state index in [1.807, 2.05) is 30.3 Å². The number of sulfonamides is 1. The van der Waals surface area contributed by atoms with Gasteiger partial charge in [-0.15, -0.1) is 11.3 Å². The van der Waals surface area contributed by atoms with Crippen LogP contribution in [0, 0.1) is 0 Å². The lowest BCUT2D eigenvalue weighted by Crippen LogP contribution is -2.29. The molecule has 2 aromatic rings. The molecular formula is C14H16N2O3S2. The van der Waals surface area contributed by atoms with Gasteiger partial charge in [0.25, 0.3) is 10.0 Å². The SMILES string of the molecule is NCCc1ccc(S(=O)(=O)NC2COc3ccccc32)s1. The first-order valence-electron chi connectivity index (χ1n) is 6.63. The van der Waals surface area contributed by atoms with Crippen LogP contribution in [0.4, 0.5) is 0 Å². The molecule has 2 heterocycles. The van der Waals surface area contributed by atoms with Crippen LogP contribution in [0.3, 0.4) is 0 Å². The molecule has 1 aliphatic heterocycles. The lowest BCUT2D eigenvalue weighted by molar-refractivity contribution is 0.325. The third-order valence-electron chi connectivity index (χ3n) is 3.29. The number of rotatable bonds is 5. The Hall–Kier alpha value is -1.41. The van der Waals surface area contributed by atoms with Gasteiger partial charge in [0.2, 0.25) is 0 Å². The van der Waals surface area contributed by atoms with Crippen LogP contribution in [-0.4, -0.2) is 21.6 Å². The Morgan fingerprint density at radius 2 is 2.10 bits per heavy atom. The summed E-state index contributed by atoms with van der Waals surface area (Å²) in [5, 5.41) is 0. The van der Waals surface area contributed by atoms with Gasteiger partial charge in [0.15, 0.2) is 0 Å². The lowest BCUT2D eigenvalue weighted by Gasteiger charge is -2.11. The van der Waals surface area contributed by atoms with Gasteiger partial charge < -0.3 is 10.5 Å². The van der Waals surface area contributed by atoms with Gasteiger partial charge >= 0.3 is 0 Å². The van der Waals surface area contributed by atoms with Crippen molar-refractivity contribution in [3.8, 4) is 5.75 Å². The van der Waals surface area contributed by atoms with Gasteiger partial charge in [0.1, 0.15) is 16.6 Å². The molecule has 21 heavy (non-hydrogen) atoms. The second-order valence-electron chi connectivity index (χ2n) is 4.78. The van der Waals surface area contributed by atoms with E-state index in [1.165, 1.54) is 11.3 Å². The van der Waals surface area contributed by atoms with Crippen LogP contribution in [-0.2, 0) is 16.4 Å². The Balaban J connectivity index is 1.80. The molecule has 0 amide bonds. The topological polar surface area (TPSA) is 81.4 Å². The van der Waals surface area contributed by atoms with Crippen molar-refractivity contribution < 1.29 is 13.2 Å². The van der Waals surface area contributed by atoms with Gasteiger partial charge in [-0.1, -0.05) is 18.2 Å². The summed E-state index contributed by atoms with van der Waals surface area (Å²) in [5.41, 5.74) is 6.36. The number of hydrogen-bond acceptors (Lipinski definition) is 5. The number of nitrogens with two attached hydrogens (primary N) is 1. The van der Waals surface area contributed by atoms with Crippen molar-refractivity contribution in [2.75, 3.05) is 13.2 Å². The zero-order valence-electron chi connectivity index (χ0n) is 11.3. The number of ether oxygens (including phenoxy) is 1. The number of benzene rings is 1. The number of hydrogen-bond donors (Lipinski definition) is 2. The molecule has 112 valence electrons. The van der Waals surface area contributed by atoms with Crippen LogP contribution >= 0.6 is 11.3 Å². The maximum atomic E-state index is 12.4. The Labute approximate surface area is 127 Å². The molecule has 0 bridgehead atoms. The molecule has 0 radical (unpaired) electrons. The molecule has 0 spiro atoms. The summed E-state index contributed by atoms with van der Waals surface area (Å²) < 4.78 is 33.4. The molecule has 1 aromatic heterocycles. The standard InChI is InChI=1S/C14H16N2O3S2/c15-8-7-10-5-6-14(20-10)21(17,18)16-12-9-19-13-4-2-1-3-11(12)13/h1-6,12,16H,7-9,15H2. The average molecular weight is 324 g/mol. The monoisotopic (exact) mass is 324 g/mol. The van der Waals surface area contributed by atoms with E-state index < -0.39 is 10.0 Å². The minimum atomic E-state index is -3.54. The first kappa shape index (κ1) is 14.5. The Bertz CT molecular complexity index is 740. The van der Waals surface area contributed by atoms with Crippen molar-refractivity contribution in [3.63, 3.8) is 0 Å². The van der Waals surface area contributed by atoms with Crippen molar-refractivity contribution in [3.05, 3.63) is 46.8 Å². The summed E-state index contributed by atoms with van der Waals surface area (Å²) in [6, 6.07) is 10.6. The molecule has 0 saturated heterocycles. The van der Waals surface area contributed by atoms with Crippen LogP contribution in [0.25, 0.3) is 0 Å². The fourth-order valence-electron chi connectivity index (χ4n) is 2.28. The van der Waals surface area contributed by atoms with E-state index in [9.17, 15) is 8.42 Å². The van der Waals surface area contributed by atoms with Gasteiger partial charge in [-0.05, 0) is 31.2 Å². The highest BCUT2D eigenvalue weighted by atomic mass is 32.2. The predicted octanol–water partition coefficient (Wildman–Crippen LogP) is 1.66. The van der Waals surface area contributed by atoms with Gasteiger partial charge in [0, 0.05) is 10.4 Å². The predicted molar refractivity (Wildman–Crippen MR) is 82.1 cm³/mol. The fourth-order valence-corrected chi connectivity index (χ4v) is 4.87. The van der Waals surface area contributed by atoms with Gasteiger partial charge in [-0.25, -0.2) is 8.42 Å². The number of thiophene rings is 1. The van der Waals surface area contributed by atoms with Crippen LogP contribution < -0.4 is 15.2 Å². The Kier molecular flexibility index (Phi) is 3.99. The quantitative estimate of drug-likeness (QED) is 0.876. The van der Waals surface area contributed by atoms with Gasteiger partial charge in [-0.3, -0.25) is 0 Å². The van der Waals surface area contributed by atoms with E-state index in [0.717, 1.165) is 16.2 Å². The molecular weight excluding hydrogens is 308 g/mol. The normalized spacial score (nSPS) is 17.5. The van der Waals surface area contributed by atoms with Crippen molar-refractivity contribution in [1.29, 1.82) is 0 Å². The summed E-state index contributed by atoms with van der Waals surface area (Å²) in [7, 11) is -3.54. The molecule has 5 nitrogen and oxygen atoms in total. The summed E-state index contributed by atoms with van der Waals surface area (Å²) >= 11 is 1.26. The number of fused-ring (bicyclic) bond motifs is 1. The third kappa shape index (κ3) is 2.96. The first-order chi connectivity index (χ1) is 10.1. The highest BCUT2D eigenvalue weighted by Crippen LogP contribution is 2.33. The first-order valence-corrected chi connectivity index (χ1v) is 8.93. The second-order valence-corrected chi connectivity index (χ2v) is 7.89. The van der Waals surface area contributed by atoms with Crippen LogP contribution in [0.5, 0.6) is 5.75 Å². The van der Waals surface area contributed by atoms with Crippen molar-refractivity contribution >= 4 is 21.4 Å². The Morgan fingerprint density at radius 3 is 2.90 bits per heavy atom. The smallest absolute Gasteiger partial charge is 0.250 e. The van der Waals surface area contributed by atoms with Gasteiger partial charge in [0.05, 0.1) is 6.04 Å². The lowest BCUT2D eigenvalue weighted by atomic mass is 10.1. The minimum Gasteiger partial charge on any atom is -0.491 e. The van der Waals surface area contributed by atoms with Gasteiger partial charge in [-0.2, -0.15) is 4.72 Å². The molecule has 0 aliphatic carbocycles. The van der Waals surface area contributed by atoms with E-state index in [0.29, 0.717) is 23.8 Å². The highest BCUT2D eigenvalue weighted by Gasteiger charge is 2.29. The van der Waals surface area contributed by atoms with Crippen molar-refractivity contribution in [2.24, 2.45) is 5.73 Å². The van der Waals surface area contributed by atoms with Crippen molar-refractivity contribution in [2.45, 2.75) is 16.7 Å². The fraction of sp³-hybridized carbons (Fsp3) is 0.286.